The summed E-state index contributed by atoms with van der Waals surface area (Å²) < 4.78 is 26.7. The number of aromatic hydroxyl groups is 1. The summed E-state index contributed by atoms with van der Waals surface area (Å²) in [5, 5.41) is 47.7. The lowest BCUT2D eigenvalue weighted by atomic mass is 10.2. The molecule has 9 rings (SSSR count). The average Bonchev–Trinajstić information content (AvgIpc) is 3.61. The lowest BCUT2D eigenvalue weighted by molar-refractivity contribution is 0.0525. The van der Waals surface area contributed by atoms with Crippen molar-refractivity contribution >= 4 is 44.8 Å². The number of hydrogen-bond donors (Lipinski definition) is 8. The number of aromatic nitrogens is 6. The number of fused-ring (bicyclic) bond motifs is 3. The Balaban J connectivity index is 0.000000163. The van der Waals surface area contributed by atoms with Gasteiger partial charge in [-0.2, -0.15) is 15.3 Å². The lowest BCUT2D eigenvalue weighted by Crippen LogP contribution is -2.47. The molecule has 6 heterocycles. The molecule has 0 radical (unpaired) electrons. The molecule has 0 saturated carbocycles. The van der Waals surface area contributed by atoms with E-state index in [2.05, 4.69) is 41.2 Å². The maximum atomic E-state index is 11.9. The Bertz CT molecular complexity index is 2200. The van der Waals surface area contributed by atoms with E-state index in [4.69, 9.17) is 29.4 Å². The zero-order valence-corrected chi connectivity index (χ0v) is 33.3. The second-order valence-electron chi connectivity index (χ2n) is 13.8. The van der Waals surface area contributed by atoms with Crippen LogP contribution in [0.5, 0.6) is 17.2 Å². The maximum Gasteiger partial charge on any atom is 0.317 e. The Morgan fingerprint density at radius 1 is 0.754 bits per heavy atom. The number of phenols is 1. The molecule has 20 nitrogen and oxygen atoms in total. The first-order valence-electron chi connectivity index (χ1n) is 19.8. The molecule has 3 aliphatic heterocycles. The molecule has 330 valence electrons. The number of nitrogens with zero attached hydrogens (tertiary/aromatic N) is 5. The number of amides is 4. The van der Waals surface area contributed by atoms with Crippen molar-refractivity contribution in [3.63, 3.8) is 0 Å². The first-order chi connectivity index (χ1) is 29.4. The quantitative estimate of drug-likeness (QED) is 0.0873. The van der Waals surface area contributed by atoms with Crippen molar-refractivity contribution < 1.29 is 43.5 Å². The second-order valence-corrected chi connectivity index (χ2v) is 13.8. The number of carbonyl (C=O) groups excluding carboxylic acids is 2. The SMILES string of the molecule is C.NCCNC(=O)N1CCOCC1.O=C(NCC[C@H](O)COc1cccc2[nH]ncc12)N1CCOCC1.Oc1cccc2[nH]ncc12.c1cc(OCC2CO2)c2cn[nH]c2c1. The Morgan fingerprint density at radius 3 is 1.74 bits per heavy atom. The highest BCUT2D eigenvalue weighted by Crippen LogP contribution is 2.25. The highest BCUT2D eigenvalue weighted by molar-refractivity contribution is 5.85. The van der Waals surface area contributed by atoms with Crippen LogP contribution in [0.15, 0.2) is 73.2 Å². The monoisotopic (exact) mass is 847 g/mol. The third-order valence-corrected chi connectivity index (χ3v) is 9.38. The third-order valence-electron chi connectivity index (χ3n) is 9.38. The molecule has 3 fully saturated rings. The number of phenolic OH excluding ortho intramolecular Hbond substituents is 1. The first kappa shape index (κ1) is 45.9. The van der Waals surface area contributed by atoms with Crippen LogP contribution in [-0.2, 0) is 14.2 Å². The zero-order valence-electron chi connectivity index (χ0n) is 33.3. The number of H-pyrrole nitrogens is 3. The molecule has 20 heteroatoms. The molecule has 6 aromatic rings. The number of aliphatic hydroxyl groups excluding tert-OH is 1. The minimum atomic E-state index is -0.655. The van der Waals surface area contributed by atoms with Crippen LogP contribution in [-0.4, -0.2) is 167 Å². The number of nitrogens with one attached hydrogen (secondary N) is 5. The van der Waals surface area contributed by atoms with Crippen LogP contribution in [0, 0.1) is 0 Å². The minimum Gasteiger partial charge on any atom is -0.507 e. The highest BCUT2D eigenvalue weighted by atomic mass is 16.6. The molecule has 1 unspecified atom stereocenters. The number of epoxide rings is 1. The molecule has 3 aromatic heterocycles. The number of nitrogens with two attached hydrogens (primary N) is 1. The number of rotatable bonds is 11. The van der Waals surface area contributed by atoms with Gasteiger partial charge >= 0.3 is 12.1 Å². The molecule has 0 bridgehead atoms. The summed E-state index contributed by atoms with van der Waals surface area (Å²) in [5.74, 6) is 1.82. The molecule has 0 spiro atoms. The summed E-state index contributed by atoms with van der Waals surface area (Å²) in [7, 11) is 0. The van der Waals surface area contributed by atoms with Crippen LogP contribution in [0.2, 0.25) is 0 Å². The number of ether oxygens (including phenoxy) is 5. The fourth-order valence-electron chi connectivity index (χ4n) is 5.98. The van der Waals surface area contributed by atoms with Gasteiger partial charge in [-0.3, -0.25) is 15.3 Å². The van der Waals surface area contributed by atoms with E-state index in [0.717, 1.165) is 45.1 Å². The molecule has 2 atom stereocenters. The smallest absolute Gasteiger partial charge is 0.317 e. The number of benzene rings is 3. The number of aliphatic hydroxyl groups is 1. The average molecular weight is 848 g/mol. The topological polar surface area (TPSA) is 267 Å². The van der Waals surface area contributed by atoms with Crippen LogP contribution in [0.4, 0.5) is 9.59 Å². The van der Waals surface area contributed by atoms with Crippen LogP contribution < -0.4 is 25.8 Å². The summed E-state index contributed by atoms with van der Waals surface area (Å²) in [5.41, 5.74) is 8.00. The molecule has 0 aliphatic carbocycles. The molecular weight excluding hydrogens is 791 g/mol. The molecule has 3 aliphatic rings. The van der Waals surface area contributed by atoms with E-state index in [0.29, 0.717) is 91.0 Å². The summed E-state index contributed by atoms with van der Waals surface area (Å²) in [6.07, 6.45) is 5.13. The van der Waals surface area contributed by atoms with Gasteiger partial charge in [0.25, 0.3) is 0 Å². The van der Waals surface area contributed by atoms with Crippen molar-refractivity contribution in [1.82, 2.24) is 51.0 Å². The normalized spacial score (nSPS) is 16.1. The first-order valence-corrected chi connectivity index (χ1v) is 19.8. The predicted molar refractivity (Wildman–Crippen MR) is 229 cm³/mol. The number of urea groups is 2. The summed E-state index contributed by atoms with van der Waals surface area (Å²) in [6, 6.07) is 16.6. The minimum absolute atomic E-state index is 0. The van der Waals surface area contributed by atoms with E-state index < -0.39 is 6.10 Å². The number of carbonyl (C=O) groups is 2. The van der Waals surface area contributed by atoms with Crippen molar-refractivity contribution in [3.05, 3.63) is 73.2 Å². The Morgan fingerprint density at radius 2 is 1.23 bits per heavy atom. The molecular formula is C41H57N11O9. The van der Waals surface area contributed by atoms with Gasteiger partial charge in [-0.25, -0.2) is 9.59 Å². The van der Waals surface area contributed by atoms with Crippen molar-refractivity contribution in [2.45, 2.75) is 26.1 Å². The van der Waals surface area contributed by atoms with Gasteiger partial charge in [-0.1, -0.05) is 25.6 Å². The maximum absolute atomic E-state index is 11.9. The van der Waals surface area contributed by atoms with Gasteiger partial charge in [-0.05, 0) is 42.8 Å². The summed E-state index contributed by atoms with van der Waals surface area (Å²) in [6.45, 7) is 8.01. The summed E-state index contributed by atoms with van der Waals surface area (Å²) >= 11 is 0. The van der Waals surface area contributed by atoms with Crippen molar-refractivity contribution in [3.8, 4) is 17.2 Å². The number of hydrogen-bond acceptors (Lipinski definition) is 13. The number of morpholine rings is 2. The van der Waals surface area contributed by atoms with Gasteiger partial charge in [0.15, 0.2) is 0 Å². The van der Waals surface area contributed by atoms with E-state index >= 15 is 0 Å². The Kier molecular flexibility index (Phi) is 18.2. The molecule has 9 N–H and O–H groups in total. The van der Waals surface area contributed by atoms with Crippen LogP contribution in [0.25, 0.3) is 32.7 Å². The van der Waals surface area contributed by atoms with Crippen LogP contribution in [0.1, 0.15) is 13.8 Å². The fraction of sp³-hybridized carbons (Fsp3) is 0.439. The second kappa shape index (κ2) is 24.2. The van der Waals surface area contributed by atoms with Gasteiger partial charge in [0.1, 0.15) is 36.6 Å². The van der Waals surface area contributed by atoms with E-state index in [9.17, 15) is 19.8 Å². The van der Waals surface area contributed by atoms with Gasteiger partial charge < -0.3 is 60.1 Å². The third kappa shape index (κ3) is 14.2. The largest absolute Gasteiger partial charge is 0.507 e. The molecule has 4 amide bonds. The lowest BCUT2D eigenvalue weighted by Gasteiger charge is -2.27. The Labute approximate surface area is 353 Å². The van der Waals surface area contributed by atoms with Crippen LogP contribution >= 0.6 is 0 Å². The number of aromatic amines is 3. The van der Waals surface area contributed by atoms with Gasteiger partial charge in [0.2, 0.25) is 0 Å². The van der Waals surface area contributed by atoms with Crippen LogP contribution in [0.3, 0.4) is 0 Å². The van der Waals surface area contributed by atoms with E-state index in [1.807, 2.05) is 42.5 Å². The van der Waals surface area contributed by atoms with E-state index in [1.54, 1.807) is 40.5 Å². The van der Waals surface area contributed by atoms with E-state index in [-0.39, 0.29) is 37.9 Å². The molecule has 3 aromatic carbocycles. The predicted octanol–water partition coefficient (Wildman–Crippen LogP) is 2.97. The fourth-order valence-corrected chi connectivity index (χ4v) is 5.98. The Hall–Kier alpha value is -6.19. The standard InChI is InChI=1S/C16H22N4O4.C10H10N2O2.C7H15N3O2.C7H6N2O.CH4/c21-12(4-5-17-16(22)20-6-8-23-9-7-20)11-24-15-3-1-2-14-13(15)10-18-19-14;1-2-9-8(4-11-12-9)10(3-1)14-6-7-5-13-7;8-1-2-9-7(11)10-3-5-12-6-4-10;10-7-3-1-2-6-5(7)4-8-9-6;/h1-3,10,12,21H,4-9,11H2,(H,17,22)(H,18,19);1-4,7H,5-6H2,(H,11,12);1-6,8H2,(H,9,11);1-4,10H,(H,8,9);1H4/t12-;;;;/m0..../s1. The van der Waals surface area contributed by atoms with Crippen molar-refractivity contribution in [1.29, 1.82) is 0 Å². The van der Waals surface area contributed by atoms with Gasteiger partial charge in [-0.15, -0.1) is 0 Å². The highest BCUT2D eigenvalue weighted by Gasteiger charge is 2.23. The molecule has 3 saturated heterocycles. The van der Waals surface area contributed by atoms with Crippen molar-refractivity contribution in [2.24, 2.45) is 5.73 Å². The zero-order chi connectivity index (χ0) is 41.9. The van der Waals surface area contributed by atoms with Gasteiger partial charge in [0, 0.05) is 45.8 Å². The van der Waals surface area contributed by atoms with Crippen molar-refractivity contribution in [2.75, 3.05) is 92.1 Å². The van der Waals surface area contributed by atoms with Gasteiger partial charge in [0.05, 0.1) is 90.4 Å². The van der Waals surface area contributed by atoms with E-state index in [1.165, 1.54) is 0 Å². The molecule has 61 heavy (non-hydrogen) atoms. The summed E-state index contributed by atoms with van der Waals surface area (Å²) in [4.78, 5) is 26.6.